The largest absolute Gasteiger partial charge is 0.490 e. The predicted molar refractivity (Wildman–Crippen MR) is 173 cm³/mol. The SMILES string of the molecule is Br.CCCC(Oc1c(OCCCC#N)cc(C(=O)CN2Cc3cc(OCC)c(OCC)c(F)c3C2=N)cc1C(C)(C)C)C(=O)O. The summed E-state index contributed by atoms with van der Waals surface area (Å²) in [4.78, 5) is 27.2. The van der Waals surface area contributed by atoms with E-state index in [1.54, 1.807) is 26.0 Å². The lowest BCUT2D eigenvalue weighted by Gasteiger charge is -2.28. The van der Waals surface area contributed by atoms with Crippen LogP contribution in [0, 0.1) is 22.6 Å². The molecule has 1 aliphatic heterocycles. The third kappa shape index (κ3) is 8.87. The number of nitriles is 1. The van der Waals surface area contributed by atoms with Crippen LogP contribution in [0.3, 0.4) is 0 Å². The van der Waals surface area contributed by atoms with Gasteiger partial charge < -0.3 is 29.0 Å². The third-order valence-corrected chi connectivity index (χ3v) is 7.07. The molecule has 12 heteroatoms. The summed E-state index contributed by atoms with van der Waals surface area (Å²) >= 11 is 0. The fourth-order valence-corrected chi connectivity index (χ4v) is 4.94. The first kappa shape index (κ1) is 37.3. The maximum absolute atomic E-state index is 15.5. The molecule has 0 fully saturated rings. The van der Waals surface area contributed by atoms with Crippen LogP contribution in [0.5, 0.6) is 23.0 Å². The van der Waals surface area contributed by atoms with Crippen molar-refractivity contribution in [2.24, 2.45) is 0 Å². The first-order chi connectivity index (χ1) is 20.9. The molecule has 0 spiro atoms. The van der Waals surface area contributed by atoms with Gasteiger partial charge in [0.05, 0.1) is 38.0 Å². The van der Waals surface area contributed by atoms with Crippen molar-refractivity contribution in [1.29, 1.82) is 10.7 Å². The van der Waals surface area contributed by atoms with Gasteiger partial charge in [0.15, 0.2) is 40.7 Å². The van der Waals surface area contributed by atoms with Crippen LogP contribution in [-0.2, 0) is 16.8 Å². The molecule has 10 nitrogen and oxygen atoms in total. The van der Waals surface area contributed by atoms with Gasteiger partial charge in [-0.2, -0.15) is 5.26 Å². The van der Waals surface area contributed by atoms with Crippen molar-refractivity contribution < 1.29 is 38.0 Å². The molecule has 3 rings (SSSR count). The quantitative estimate of drug-likeness (QED) is 0.143. The van der Waals surface area contributed by atoms with Gasteiger partial charge in [0.2, 0.25) is 0 Å². The van der Waals surface area contributed by atoms with Crippen molar-refractivity contribution in [2.45, 2.75) is 85.3 Å². The van der Waals surface area contributed by atoms with E-state index in [9.17, 15) is 14.7 Å². The van der Waals surface area contributed by atoms with Gasteiger partial charge in [0.25, 0.3) is 0 Å². The Balaban J connectivity index is 0.00000705. The van der Waals surface area contributed by atoms with Crippen LogP contribution in [0.1, 0.15) is 94.3 Å². The molecule has 2 N–H and O–H groups in total. The van der Waals surface area contributed by atoms with Gasteiger partial charge in [0, 0.05) is 24.1 Å². The Morgan fingerprint density at radius 1 is 1.09 bits per heavy atom. The summed E-state index contributed by atoms with van der Waals surface area (Å²) in [6.07, 6.45) is 0.430. The van der Waals surface area contributed by atoms with Gasteiger partial charge in [-0.25, -0.2) is 9.18 Å². The number of unbranched alkanes of at least 4 members (excludes halogenated alkanes) is 1. The highest BCUT2D eigenvalue weighted by atomic mass is 79.9. The molecule has 0 radical (unpaired) electrons. The van der Waals surface area contributed by atoms with E-state index in [1.165, 1.54) is 11.0 Å². The zero-order chi connectivity index (χ0) is 32.6. The zero-order valence-electron chi connectivity index (χ0n) is 26.8. The highest BCUT2D eigenvalue weighted by Crippen LogP contribution is 2.42. The molecule has 2 aromatic rings. The lowest BCUT2D eigenvalue weighted by atomic mass is 9.84. The highest BCUT2D eigenvalue weighted by Gasteiger charge is 2.34. The lowest BCUT2D eigenvalue weighted by molar-refractivity contribution is -0.145. The number of halogens is 2. The van der Waals surface area contributed by atoms with E-state index < -0.39 is 23.3 Å². The smallest absolute Gasteiger partial charge is 0.344 e. The Kier molecular flexibility index (Phi) is 13.7. The van der Waals surface area contributed by atoms with Crippen LogP contribution in [0.2, 0.25) is 0 Å². The van der Waals surface area contributed by atoms with E-state index in [0.717, 1.165) is 0 Å². The molecule has 0 amide bonds. The zero-order valence-corrected chi connectivity index (χ0v) is 28.5. The van der Waals surface area contributed by atoms with Gasteiger partial charge in [-0.3, -0.25) is 10.2 Å². The second-order valence-corrected chi connectivity index (χ2v) is 11.5. The monoisotopic (exact) mass is 691 g/mol. The van der Waals surface area contributed by atoms with Crippen LogP contribution in [0.25, 0.3) is 0 Å². The highest BCUT2D eigenvalue weighted by molar-refractivity contribution is 8.93. The molecule has 246 valence electrons. The van der Waals surface area contributed by atoms with Crippen molar-refractivity contribution in [3.63, 3.8) is 0 Å². The van der Waals surface area contributed by atoms with Crippen LogP contribution < -0.4 is 18.9 Å². The van der Waals surface area contributed by atoms with E-state index in [2.05, 4.69) is 6.07 Å². The molecule has 1 unspecified atom stereocenters. The normalized spacial score (nSPS) is 12.9. The molecule has 0 bridgehead atoms. The number of Topliss-reactive ketones (excluding diaryl/α,β-unsaturated/α-hetero) is 1. The van der Waals surface area contributed by atoms with Gasteiger partial charge in [0.1, 0.15) is 5.84 Å². The number of hydrogen-bond acceptors (Lipinski definition) is 8. The van der Waals surface area contributed by atoms with Crippen LogP contribution >= 0.6 is 17.0 Å². The number of nitrogens with zero attached hydrogens (tertiary/aromatic N) is 2. The minimum Gasteiger partial charge on any atom is -0.490 e. The summed E-state index contributed by atoms with van der Waals surface area (Å²) in [6.45, 7) is 11.7. The molecule has 0 aromatic heterocycles. The topological polar surface area (TPSA) is 142 Å². The van der Waals surface area contributed by atoms with Gasteiger partial charge in [-0.05, 0) is 55.9 Å². The Morgan fingerprint density at radius 3 is 2.33 bits per heavy atom. The number of benzene rings is 2. The first-order valence-electron chi connectivity index (χ1n) is 14.9. The summed E-state index contributed by atoms with van der Waals surface area (Å²) in [5.74, 6) is -1.66. The van der Waals surface area contributed by atoms with Crippen LogP contribution in [-0.4, -0.2) is 60.1 Å². The number of amidine groups is 1. The first-order valence-corrected chi connectivity index (χ1v) is 14.9. The van der Waals surface area contributed by atoms with E-state index in [4.69, 9.17) is 29.6 Å². The fourth-order valence-electron chi connectivity index (χ4n) is 4.94. The number of ether oxygens (including phenoxy) is 4. The van der Waals surface area contributed by atoms with Crippen LogP contribution in [0.15, 0.2) is 18.2 Å². The number of nitrogens with one attached hydrogen (secondary N) is 1. The Labute approximate surface area is 274 Å². The Morgan fingerprint density at radius 2 is 1.76 bits per heavy atom. The molecule has 0 saturated carbocycles. The molecule has 0 saturated heterocycles. The number of ketones is 1. The van der Waals surface area contributed by atoms with Crippen molar-refractivity contribution >= 4 is 34.6 Å². The number of carboxylic acids is 1. The molecule has 1 atom stereocenters. The standard InChI is InChI=1S/C33H42FN3O7.BrH/c1-7-12-24(32(39)40)44-29-22(33(4,5)6)15-20(16-25(29)43-14-11-10-13-35)23(38)19-37-18-21-17-26(41-8-2)30(42-9-3)28(34)27(21)31(37)36;/h15-17,24,36H,7-12,14,18-19H2,1-6H3,(H,39,40);1H. The minimum atomic E-state index is -1.12. The lowest BCUT2D eigenvalue weighted by Crippen LogP contribution is -2.31. The number of hydrogen-bond donors (Lipinski definition) is 2. The molecule has 2 aromatic carbocycles. The summed E-state index contributed by atoms with van der Waals surface area (Å²) in [7, 11) is 0. The molecular weight excluding hydrogens is 649 g/mol. The minimum absolute atomic E-state index is 0. The van der Waals surface area contributed by atoms with Crippen molar-refractivity contribution in [1.82, 2.24) is 4.90 Å². The third-order valence-electron chi connectivity index (χ3n) is 7.07. The molecule has 1 heterocycles. The van der Waals surface area contributed by atoms with Crippen molar-refractivity contribution in [3.8, 4) is 29.1 Å². The van der Waals surface area contributed by atoms with E-state index in [1.807, 2.05) is 27.7 Å². The summed E-state index contributed by atoms with van der Waals surface area (Å²) in [5.41, 5.74) is 0.865. The molecule has 0 aliphatic carbocycles. The number of fused-ring (bicyclic) bond motifs is 1. The van der Waals surface area contributed by atoms with Crippen LogP contribution in [0.4, 0.5) is 4.39 Å². The van der Waals surface area contributed by atoms with Crippen molar-refractivity contribution in [2.75, 3.05) is 26.4 Å². The van der Waals surface area contributed by atoms with E-state index in [-0.39, 0.29) is 102 Å². The molecule has 1 aliphatic rings. The second-order valence-electron chi connectivity index (χ2n) is 11.5. The fraction of sp³-hybridized carbons (Fsp3) is 0.515. The average molecular weight is 693 g/mol. The molecule has 45 heavy (non-hydrogen) atoms. The summed E-state index contributed by atoms with van der Waals surface area (Å²) < 4.78 is 38.7. The van der Waals surface area contributed by atoms with E-state index in [0.29, 0.717) is 30.6 Å². The predicted octanol–water partition coefficient (Wildman–Crippen LogP) is 6.84. The summed E-state index contributed by atoms with van der Waals surface area (Å²) in [6, 6.07) is 6.89. The van der Waals surface area contributed by atoms with Gasteiger partial charge >= 0.3 is 5.97 Å². The number of rotatable bonds is 16. The number of carbonyl (C=O) groups is 2. The number of aliphatic carboxylic acids is 1. The maximum Gasteiger partial charge on any atom is 0.344 e. The van der Waals surface area contributed by atoms with Crippen molar-refractivity contribution in [3.05, 3.63) is 46.3 Å². The number of carboxylic acid groups (broad SMARTS) is 1. The maximum atomic E-state index is 15.5. The Bertz CT molecular complexity index is 1440. The number of carbonyl (C=O) groups excluding carboxylic acids is 1. The summed E-state index contributed by atoms with van der Waals surface area (Å²) in [5, 5.41) is 27.4. The second kappa shape index (κ2) is 16.5. The van der Waals surface area contributed by atoms with E-state index >= 15 is 4.39 Å². The van der Waals surface area contributed by atoms with Gasteiger partial charge in [-0.1, -0.05) is 34.1 Å². The molecular formula is C33H43BrFN3O7. The Hall–Kier alpha value is -3.85. The average Bonchev–Trinajstić information content (AvgIpc) is 3.27. The van der Waals surface area contributed by atoms with Gasteiger partial charge in [-0.15, -0.1) is 17.0 Å².